The number of fused-ring (bicyclic) bond motifs is 4. The molecule has 0 atom stereocenters. The number of benzene rings is 3. The van der Waals surface area contributed by atoms with Crippen LogP contribution in [0.15, 0.2) is 145 Å². The van der Waals surface area contributed by atoms with Gasteiger partial charge in [-0.1, -0.05) is 22.3 Å². The molecule has 12 aromatic rings. The topological polar surface area (TPSA) is 480 Å². The first-order valence-corrected chi connectivity index (χ1v) is 45.3. The quantitative estimate of drug-likeness (QED) is 0.00530. The zero-order chi connectivity index (χ0) is 102. The summed E-state index contributed by atoms with van der Waals surface area (Å²) in [4.78, 5) is 55.3. The number of nitrogen functional groups attached to an aromatic ring is 2. The molecule has 9 aromatic heterocycles. The summed E-state index contributed by atoms with van der Waals surface area (Å²) in [7, 11) is 23.2. The highest BCUT2D eigenvalue weighted by Gasteiger charge is 2.25. The van der Waals surface area contributed by atoms with Crippen LogP contribution in [0.3, 0.4) is 0 Å². The molecule has 0 fully saturated rings. The second-order valence-corrected chi connectivity index (χ2v) is 36.9. The summed E-state index contributed by atoms with van der Waals surface area (Å²) in [6.07, 6.45) is 13.8. The van der Waals surface area contributed by atoms with Crippen LogP contribution in [-0.4, -0.2) is 266 Å². The molecule has 41 nitrogen and oxygen atoms in total. The van der Waals surface area contributed by atoms with E-state index in [0.717, 1.165) is 85.0 Å². The minimum absolute atomic E-state index is 0. The van der Waals surface area contributed by atoms with E-state index >= 15 is 0 Å². The van der Waals surface area contributed by atoms with Gasteiger partial charge in [-0.2, -0.15) is 0 Å². The van der Waals surface area contributed by atoms with Crippen molar-refractivity contribution < 1.29 is 86.1 Å². The molecule has 0 aliphatic carbocycles. The predicted molar refractivity (Wildman–Crippen MR) is 559 cm³/mol. The lowest BCUT2D eigenvalue weighted by molar-refractivity contribution is -0.282. The number of primary amides is 1. The van der Waals surface area contributed by atoms with E-state index in [1.807, 2.05) is 165 Å². The van der Waals surface area contributed by atoms with E-state index in [1.54, 1.807) is 167 Å². The van der Waals surface area contributed by atoms with E-state index in [9.17, 15) is 29.2 Å². The van der Waals surface area contributed by atoms with E-state index in [1.165, 1.54) is 4.90 Å². The molecule has 11 N–H and O–H groups in total. The molecular weight excluding hydrogens is 2140 g/mol. The fraction of sp³-hybridized carbons (Fsp3) is 0.433. The number of rotatable bonds is 24. The van der Waals surface area contributed by atoms with Crippen molar-refractivity contribution in [1.82, 2.24) is 83.0 Å². The molecule has 48 heteroatoms. The highest BCUT2D eigenvalue weighted by Crippen LogP contribution is 2.40. The third-order valence-corrected chi connectivity index (χ3v) is 19.4. The number of nitrogens with zero attached hydrogens (tertiary/aromatic N) is 17. The van der Waals surface area contributed by atoms with Crippen molar-refractivity contribution in [3.8, 4) is 56.8 Å². The summed E-state index contributed by atoms with van der Waals surface area (Å²) in [6, 6.07) is 20.3. The van der Waals surface area contributed by atoms with Crippen LogP contribution in [0, 0.1) is 0 Å². The number of hydrazine groups is 1. The molecule has 0 bridgehead atoms. The first-order valence-electron chi connectivity index (χ1n) is 41.0. The molecule has 0 aliphatic heterocycles. The van der Waals surface area contributed by atoms with Gasteiger partial charge in [0, 0.05) is 109 Å². The number of carbonyl (C=O) groups excluding carboxylic acids is 4. The van der Waals surface area contributed by atoms with Crippen molar-refractivity contribution in [2.24, 2.45) is 11.6 Å². The maximum atomic E-state index is 12.4. The van der Waals surface area contributed by atoms with Gasteiger partial charge >= 0.3 is 30.8 Å². The maximum Gasteiger partial charge on any atom is 0.488 e. The normalized spacial score (nSPS) is 10.7. The molecule has 0 saturated heterocycles. The van der Waals surface area contributed by atoms with Gasteiger partial charge in [-0.15, -0.1) is 40.8 Å². The standard InChI is InChI=1S/C22H29N5O4.C17H21N5O2.C11H18BNO4.C11H13BrN4O2.C7H16O3.C6H3Br2N3.C5H5Br2N3.C5H11NO2.C3H6ClNO.3CH4/c1-22(2,3)31-21(28)24-17-8-15(11-27-13-23-25-20(17)27)14-9-18(29-6)16(12-26(4)5)19(10-14)30-7;1-21(2)9-13-15(23-3)6-11(7-16(13)24-4)12-5-14(18)17-20-19-10-22(17)8-12;1-13(2)7-9-10(16-3)5-8(12(14)15)6-11(9)17-4;1-11(2,3)18-10(17)14-8-4-7(12)5-16-6-13-15-9(8)16;1-4-8-7(9-5-2)10-6-3;7-4-1-5(8)6-10-9-3-11(6)2-4;6-3-1-4(7)5(10-8)9-2-3;1-5(2,3)8-4(6)7;1-5(2)3(4)6;;;/h8-11,13H,12H2,1-7H3,(H,24,28);5-8,10H,9,18H2,1-4H3;5-6,14-15H,7H2,1-4H3;4-6H,1-3H3,(H,14,17);7H,4-6H2,1-3H3;1-3H;1-2H,8H2,(H,9,10);1-3H3,(H2,6,7);1-2H3;3*1H4. The van der Waals surface area contributed by atoms with E-state index in [-0.39, 0.29) is 22.3 Å². The Kier molecular flexibility index (Phi) is 55.5. The van der Waals surface area contributed by atoms with Crippen molar-refractivity contribution in [1.29, 1.82) is 0 Å². The van der Waals surface area contributed by atoms with Crippen molar-refractivity contribution in [2.75, 3.05) is 141 Å². The van der Waals surface area contributed by atoms with Crippen LogP contribution >= 0.6 is 91.3 Å². The number of aromatic nitrogens is 13. The van der Waals surface area contributed by atoms with E-state index in [2.05, 4.69) is 151 Å². The van der Waals surface area contributed by atoms with Crippen LogP contribution in [0.2, 0.25) is 0 Å². The number of carbonyl (C=O) groups is 4. The second-order valence-electron chi connectivity index (χ2n) is 32.1. The van der Waals surface area contributed by atoms with Gasteiger partial charge in [-0.25, -0.2) is 25.2 Å². The molecule has 0 radical (unpaired) electrons. The number of hydrogen-bond acceptors (Lipinski definition) is 33. The Bertz CT molecular complexity index is 5670. The van der Waals surface area contributed by atoms with Crippen molar-refractivity contribution in [3.05, 3.63) is 162 Å². The minimum Gasteiger partial charge on any atom is -0.496 e. The Morgan fingerprint density at radius 3 is 1.09 bits per heavy atom. The first kappa shape index (κ1) is 125. The fourth-order valence-corrected chi connectivity index (χ4v) is 14.1. The van der Waals surface area contributed by atoms with Gasteiger partial charge in [0.15, 0.2) is 28.4 Å². The second kappa shape index (κ2) is 61.0. The number of halogens is 6. The lowest BCUT2D eigenvalue weighted by Gasteiger charge is -2.20. The molecular formula is C90H134BBr5ClN23O18. The largest absolute Gasteiger partial charge is 0.496 e. The molecule has 0 saturated carbocycles. The minimum atomic E-state index is -1.54. The van der Waals surface area contributed by atoms with Gasteiger partial charge in [-0.05, 0) is 300 Å². The molecule has 0 unspecified atom stereocenters. The molecule has 12 rings (SSSR count). The summed E-state index contributed by atoms with van der Waals surface area (Å²) >= 11 is 21.5. The SMILES string of the molecule is Brc1cc(Br)c2nncn2c1.C.C.C.CC(C)(C)OC(=O)Nc1cc(Br)cn2cnnc12.CC(C)(C)OC(N)=O.CCOC(OCC)OCC.CN(C)C(=O)Cl.COc1cc(-c2cc(N)c3nncn3c2)cc(OC)c1CN(C)C.COc1cc(-c2cc(NC(=O)OC(C)(C)C)c3nncn3c2)cc(OC)c1CN(C)C.COc1cc(B(O)O)cc(OC)c1CN(C)C.NNc1ncc(Br)cc1Br. The summed E-state index contributed by atoms with van der Waals surface area (Å²) in [5.74, 6) is 9.93. The van der Waals surface area contributed by atoms with Gasteiger partial charge in [0.2, 0.25) is 0 Å². The number of pyridine rings is 5. The number of hydrogen-bond donors (Lipinski definition) is 8. The molecule has 9 heterocycles. The van der Waals surface area contributed by atoms with Crippen molar-refractivity contribution >= 4 is 173 Å². The lowest BCUT2D eigenvalue weighted by atomic mass is 9.79. The van der Waals surface area contributed by atoms with Gasteiger partial charge in [-0.3, -0.25) is 33.0 Å². The Morgan fingerprint density at radius 1 is 0.457 bits per heavy atom. The van der Waals surface area contributed by atoms with E-state index < -0.39 is 54.0 Å². The van der Waals surface area contributed by atoms with Crippen LogP contribution < -0.4 is 67.3 Å². The highest BCUT2D eigenvalue weighted by molar-refractivity contribution is 9.11. The number of nitrogens with two attached hydrogens (primary N) is 3. The van der Waals surface area contributed by atoms with Crippen LogP contribution in [0.5, 0.6) is 34.5 Å². The summed E-state index contributed by atoms with van der Waals surface area (Å²) < 4.78 is 74.9. The molecule has 0 aliphatic rings. The number of ether oxygens (including phenoxy) is 12. The first-order chi connectivity index (χ1) is 63.4. The predicted octanol–water partition coefficient (Wildman–Crippen LogP) is 17.4. The summed E-state index contributed by atoms with van der Waals surface area (Å²) in [5, 5.41) is 54.7. The van der Waals surface area contributed by atoms with Gasteiger partial charge in [0.25, 0.3) is 6.48 Å². The van der Waals surface area contributed by atoms with E-state index in [4.69, 9.17) is 81.0 Å². The maximum absolute atomic E-state index is 12.4. The Hall–Kier alpha value is -10.6. The monoisotopic (exact) mass is 2270 g/mol. The number of amides is 4. The molecule has 4 amide bonds. The van der Waals surface area contributed by atoms with Crippen LogP contribution in [0.4, 0.5) is 42.1 Å². The lowest BCUT2D eigenvalue weighted by Crippen LogP contribution is -2.30. The Labute approximate surface area is 855 Å². The molecule has 762 valence electrons. The number of nitrogens with one attached hydrogen (secondary N) is 3. The van der Waals surface area contributed by atoms with Crippen LogP contribution in [0.1, 0.15) is 122 Å². The smallest absolute Gasteiger partial charge is 0.488 e. The Morgan fingerprint density at radius 2 is 0.775 bits per heavy atom. The van der Waals surface area contributed by atoms with Gasteiger partial charge in [0.05, 0.1) is 85.4 Å². The average Bonchev–Trinajstić information content (AvgIpc) is 1.34. The van der Waals surface area contributed by atoms with E-state index in [0.29, 0.717) is 101 Å². The van der Waals surface area contributed by atoms with Crippen LogP contribution in [0.25, 0.3) is 44.8 Å². The van der Waals surface area contributed by atoms with Crippen molar-refractivity contribution in [2.45, 2.75) is 148 Å². The number of methoxy groups -OCH3 is 6. The fourth-order valence-electron chi connectivity index (χ4n) is 11.2. The third kappa shape index (κ3) is 43.0. The highest BCUT2D eigenvalue weighted by atomic mass is 79.9. The molecule has 0 spiro atoms. The zero-order valence-corrected chi connectivity index (χ0v) is 89.2. The van der Waals surface area contributed by atoms with Crippen molar-refractivity contribution in [3.63, 3.8) is 0 Å². The number of anilines is 4. The summed E-state index contributed by atoms with van der Waals surface area (Å²) in [5.41, 5.74) is 22.5. The summed E-state index contributed by atoms with van der Waals surface area (Å²) in [6.45, 7) is 25.3. The average molecular weight is 2270 g/mol. The Balaban J connectivity index is 0.000000807. The molecule has 3 aromatic carbocycles. The van der Waals surface area contributed by atoms with Gasteiger partial charge in [0.1, 0.15) is 76.6 Å². The third-order valence-electron chi connectivity index (χ3n) is 16.6. The molecule has 138 heavy (non-hydrogen) atoms. The van der Waals surface area contributed by atoms with Crippen LogP contribution in [-0.2, 0) is 48.1 Å². The van der Waals surface area contributed by atoms with Gasteiger partial charge < -0.3 is 103 Å². The zero-order valence-electron chi connectivity index (χ0n) is 80.5.